The van der Waals surface area contributed by atoms with Gasteiger partial charge in [0.15, 0.2) is 0 Å². The van der Waals surface area contributed by atoms with Crippen molar-refractivity contribution in [2.45, 2.75) is 18.9 Å². The smallest absolute Gasteiger partial charge is 0.307 e. The summed E-state index contributed by atoms with van der Waals surface area (Å²) in [5.74, 6) is -0.814. The first-order valence-corrected chi connectivity index (χ1v) is 8.37. The summed E-state index contributed by atoms with van der Waals surface area (Å²) in [6.07, 6.45) is 2.77. The van der Waals surface area contributed by atoms with Crippen LogP contribution in [0.1, 0.15) is 28.6 Å². The Morgan fingerprint density at radius 2 is 2.00 bits per heavy atom. The molecule has 1 aliphatic heterocycles. The van der Waals surface area contributed by atoms with E-state index in [0.29, 0.717) is 0 Å². The first-order valence-electron chi connectivity index (χ1n) is 8.37. The molecule has 126 valence electrons. The van der Waals surface area contributed by atoms with Crippen LogP contribution in [0, 0.1) is 0 Å². The number of benzene rings is 2. The molecule has 0 saturated carbocycles. The SMILES string of the molecule is O=C(O)Cc1cccc(-c2ccc(C3NCCc4[nH]cnc43)cc2)c1. The summed E-state index contributed by atoms with van der Waals surface area (Å²) in [7, 11) is 0. The highest BCUT2D eigenvalue weighted by Gasteiger charge is 2.23. The number of imidazole rings is 1. The molecule has 0 bridgehead atoms. The lowest BCUT2D eigenvalue weighted by atomic mass is 9.95. The summed E-state index contributed by atoms with van der Waals surface area (Å²) < 4.78 is 0. The van der Waals surface area contributed by atoms with Gasteiger partial charge < -0.3 is 15.4 Å². The molecular formula is C20H19N3O2. The molecule has 4 rings (SSSR count). The Morgan fingerprint density at radius 3 is 2.80 bits per heavy atom. The summed E-state index contributed by atoms with van der Waals surface area (Å²) in [4.78, 5) is 18.6. The zero-order chi connectivity index (χ0) is 17.2. The highest BCUT2D eigenvalue weighted by molar-refractivity contribution is 5.72. The van der Waals surface area contributed by atoms with Crippen molar-refractivity contribution in [3.8, 4) is 11.1 Å². The Balaban J connectivity index is 1.60. The Morgan fingerprint density at radius 1 is 1.16 bits per heavy atom. The van der Waals surface area contributed by atoms with E-state index < -0.39 is 5.97 Å². The van der Waals surface area contributed by atoms with Crippen LogP contribution in [0.2, 0.25) is 0 Å². The van der Waals surface area contributed by atoms with E-state index in [4.69, 9.17) is 5.11 Å². The molecule has 0 aliphatic carbocycles. The number of carboxylic acid groups (broad SMARTS) is 1. The van der Waals surface area contributed by atoms with Gasteiger partial charge in [-0.05, 0) is 22.3 Å². The summed E-state index contributed by atoms with van der Waals surface area (Å²) in [5.41, 5.74) is 6.37. The first kappa shape index (κ1) is 15.6. The van der Waals surface area contributed by atoms with Crippen molar-refractivity contribution >= 4 is 5.97 Å². The maximum absolute atomic E-state index is 10.9. The summed E-state index contributed by atoms with van der Waals surface area (Å²) in [6, 6.07) is 16.2. The fourth-order valence-corrected chi connectivity index (χ4v) is 3.40. The van der Waals surface area contributed by atoms with Crippen molar-refractivity contribution in [3.05, 3.63) is 77.4 Å². The normalized spacial score (nSPS) is 16.4. The number of nitrogens with zero attached hydrogens (tertiary/aromatic N) is 1. The van der Waals surface area contributed by atoms with Gasteiger partial charge in [-0.1, -0.05) is 48.5 Å². The lowest BCUT2D eigenvalue weighted by Crippen LogP contribution is -2.30. The van der Waals surface area contributed by atoms with Crippen LogP contribution < -0.4 is 5.32 Å². The summed E-state index contributed by atoms with van der Waals surface area (Å²) in [5, 5.41) is 12.5. The fraction of sp³-hybridized carbons (Fsp3) is 0.200. The van der Waals surface area contributed by atoms with Gasteiger partial charge in [-0.15, -0.1) is 0 Å². The van der Waals surface area contributed by atoms with Gasteiger partial charge in [0.2, 0.25) is 0 Å². The number of carboxylic acids is 1. The average molecular weight is 333 g/mol. The standard InChI is InChI=1S/C20H19N3O2/c24-18(25)11-13-2-1-3-16(10-13)14-4-6-15(7-5-14)19-20-17(8-9-21-19)22-12-23-20/h1-7,10,12,19,21H,8-9,11H2,(H,22,23)(H,24,25). The van der Waals surface area contributed by atoms with Gasteiger partial charge in [0.25, 0.3) is 0 Å². The van der Waals surface area contributed by atoms with Crippen molar-refractivity contribution in [2.75, 3.05) is 6.54 Å². The van der Waals surface area contributed by atoms with Crippen molar-refractivity contribution in [3.63, 3.8) is 0 Å². The zero-order valence-corrected chi connectivity index (χ0v) is 13.7. The number of aromatic nitrogens is 2. The van der Waals surface area contributed by atoms with Gasteiger partial charge in [-0.25, -0.2) is 4.98 Å². The van der Waals surface area contributed by atoms with Gasteiger partial charge in [0.1, 0.15) is 0 Å². The number of nitrogens with one attached hydrogen (secondary N) is 2. The second kappa shape index (κ2) is 6.53. The number of carbonyl (C=O) groups is 1. The van der Waals surface area contributed by atoms with Crippen LogP contribution in [0.5, 0.6) is 0 Å². The average Bonchev–Trinajstić information content (AvgIpc) is 3.10. The number of hydrogen-bond donors (Lipinski definition) is 3. The van der Waals surface area contributed by atoms with Crippen LogP contribution in [0.4, 0.5) is 0 Å². The van der Waals surface area contributed by atoms with E-state index >= 15 is 0 Å². The monoisotopic (exact) mass is 333 g/mol. The van der Waals surface area contributed by atoms with Gasteiger partial charge in [0, 0.05) is 18.7 Å². The predicted molar refractivity (Wildman–Crippen MR) is 95.4 cm³/mol. The van der Waals surface area contributed by atoms with E-state index in [1.165, 1.54) is 11.3 Å². The lowest BCUT2D eigenvalue weighted by Gasteiger charge is -2.23. The molecule has 5 heteroatoms. The number of aromatic amines is 1. The molecular weight excluding hydrogens is 314 g/mol. The molecule has 2 heterocycles. The molecule has 3 aromatic rings. The Bertz CT molecular complexity index is 899. The minimum Gasteiger partial charge on any atom is -0.481 e. The molecule has 0 amide bonds. The third-order valence-corrected chi connectivity index (χ3v) is 4.61. The van der Waals surface area contributed by atoms with Crippen molar-refractivity contribution in [2.24, 2.45) is 0 Å². The van der Waals surface area contributed by atoms with Gasteiger partial charge in [0.05, 0.1) is 24.5 Å². The zero-order valence-electron chi connectivity index (χ0n) is 13.7. The summed E-state index contributed by atoms with van der Waals surface area (Å²) >= 11 is 0. The molecule has 3 N–H and O–H groups in total. The van der Waals surface area contributed by atoms with E-state index in [0.717, 1.165) is 35.3 Å². The van der Waals surface area contributed by atoms with Gasteiger partial charge in [-0.3, -0.25) is 4.79 Å². The lowest BCUT2D eigenvalue weighted by molar-refractivity contribution is -0.136. The second-order valence-electron chi connectivity index (χ2n) is 6.30. The highest BCUT2D eigenvalue weighted by atomic mass is 16.4. The number of H-pyrrole nitrogens is 1. The number of aliphatic carboxylic acids is 1. The van der Waals surface area contributed by atoms with Crippen LogP contribution in [0.15, 0.2) is 54.9 Å². The first-order chi connectivity index (χ1) is 12.2. The Hall–Kier alpha value is -2.92. The molecule has 0 saturated heterocycles. The predicted octanol–water partition coefficient (Wildman–Crippen LogP) is 2.94. The minimum atomic E-state index is -0.814. The molecule has 1 atom stereocenters. The largest absolute Gasteiger partial charge is 0.481 e. The quantitative estimate of drug-likeness (QED) is 0.686. The molecule has 1 aromatic heterocycles. The van der Waals surface area contributed by atoms with Crippen molar-refractivity contribution < 1.29 is 9.90 Å². The maximum atomic E-state index is 10.9. The second-order valence-corrected chi connectivity index (χ2v) is 6.30. The van der Waals surface area contributed by atoms with E-state index in [1.54, 1.807) is 6.33 Å². The molecule has 0 radical (unpaired) electrons. The molecule has 5 nitrogen and oxygen atoms in total. The van der Waals surface area contributed by atoms with E-state index in [-0.39, 0.29) is 12.5 Å². The van der Waals surface area contributed by atoms with Crippen LogP contribution >= 0.6 is 0 Å². The van der Waals surface area contributed by atoms with E-state index in [2.05, 4.69) is 39.6 Å². The van der Waals surface area contributed by atoms with E-state index in [1.807, 2.05) is 24.3 Å². The third-order valence-electron chi connectivity index (χ3n) is 4.61. The Kier molecular flexibility index (Phi) is 4.07. The minimum absolute atomic E-state index is 0.0415. The molecule has 2 aromatic carbocycles. The molecule has 1 aliphatic rings. The van der Waals surface area contributed by atoms with Crippen molar-refractivity contribution in [1.82, 2.24) is 15.3 Å². The Labute approximate surface area is 145 Å². The highest BCUT2D eigenvalue weighted by Crippen LogP contribution is 2.28. The van der Waals surface area contributed by atoms with Crippen molar-refractivity contribution in [1.29, 1.82) is 0 Å². The van der Waals surface area contributed by atoms with Crippen LogP contribution in [-0.2, 0) is 17.6 Å². The maximum Gasteiger partial charge on any atom is 0.307 e. The number of fused-ring (bicyclic) bond motifs is 1. The summed E-state index contributed by atoms with van der Waals surface area (Å²) in [6.45, 7) is 0.929. The number of rotatable bonds is 4. The molecule has 25 heavy (non-hydrogen) atoms. The number of hydrogen-bond acceptors (Lipinski definition) is 3. The van der Waals surface area contributed by atoms with Gasteiger partial charge in [-0.2, -0.15) is 0 Å². The van der Waals surface area contributed by atoms with Gasteiger partial charge >= 0.3 is 5.97 Å². The van der Waals surface area contributed by atoms with Crippen LogP contribution in [0.25, 0.3) is 11.1 Å². The van der Waals surface area contributed by atoms with Crippen LogP contribution in [-0.4, -0.2) is 27.6 Å². The fourth-order valence-electron chi connectivity index (χ4n) is 3.40. The van der Waals surface area contributed by atoms with Crippen LogP contribution in [0.3, 0.4) is 0 Å². The molecule has 0 spiro atoms. The molecule has 0 fully saturated rings. The van der Waals surface area contributed by atoms with E-state index in [9.17, 15) is 4.79 Å². The third kappa shape index (κ3) is 3.19. The molecule has 1 unspecified atom stereocenters. The topological polar surface area (TPSA) is 78.0 Å².